The van der Waals surface area contributed by atoms with Crippen LogP contribution in [0, 0.1) is 0 Å². The van der Waals surface area contributed by atoms with Crippen molar-refractivity contribution in [1.82, 2.24) is 15.1 Å². The van der Waals surface area contributed by atoms with Crippen LogP contribution < -0.4 is 5.32 Å². The summed E-state index contributed by atoms with van der Waals surface area (Å²) in [6.07, 6.45) is 3.77. The monoisotopic (exact) mass is 359 g/mol. The fourth-order valence-electron chi connectivity index (χ4n) is 2.32. The fraction of sp³-hybridized carbons (Fsp3) is 0.421. The molecule has 0 aliphatic heterocycles. The van der Waals surface area contributed by atoms with Crippen LogP contribution in [0.1, 0.15) is 43.1 Å². The predicted octanol–water partition coefficient (Wildman–Crippen LogP) is 2.32. The molecule has 140 valence electrons. The first-order valence-electron chi connectivity index (χ1n) is 8.48. The molecule has 7 heteroatoms. The zero-order valence-electron chi connectivity index (χ0n) is 15.3. The van der Waals surface area contributed by atoms with Gasteiger partial charge in [0.15, 0.2) is 0 Å². The Morgan fingerprint density at radius 3 is 2.50 bits per heavy atom. The van der Waals surface area contributed by atoms with Gasteiger partial charge in [0, 0.05) is 31.0 Å². The van der Waals surface area contributed by atoms with Crippen LogP contribution in [-0.2, 0) is 16.1 Å². The van der Waals surface area contributed by atoms with Crippen molar-refractivity contribution in [1.29, 1.82) is 0 Å². The Labute approximate surface area is 153 Å². The van der Waals surface area contributed by atoms with Crippen LogP contribution in [0.15, 0.2) is 42.7 Å². The summed E-state index contributed by atoms with van der Waals surface area (Å²) in [5, 5.41) is 16.0. The normalized spacial score (nSPS) is 12.6. The summed E-state index contributed by atoms with van der Waals surface area (Å²) < 4.78 is 7.32. The number of carbonyl (C=O) groups excluding carboxylic acids is 1. The van der Waals surface area contributed by atoms with Gasteiger partial charge in [-0.3, -0.25) is 9.48 Å². The van der Waals surface area contributed by atoms with Gasteiger partial charge in [-0.25, -0.2) is 4.79 Å². The van der Waals surface area contributed by atoms with Crippen LogP contribution in [0.3, 0.4) is 0 Å². The molecular formula is C19H25N3O4. The molecule has 2 N–H and O–H groups in total. The lowest BCUT2D eigenvalue weighted by atomic mass is 10.1. The van der Waals surface area contributed by atoms with E-state index >= 15 is 0 Å². The number of ether oxygens (including phenoxy) is 1. The fourth-order valence-corrected chi connectivity index (χ4v) is 2.32. The lowest BCUT2D eigenvalue weighted by Crippen LogP contribution is -2.42. The smallest absolute Gasteiger partial charge is 0.326 e. The number of rotatable bonds is 8. The Kier molecular flexibility index (Phi) is 6.52. The molecule has 1 atom stereocenters. The van der Waals surface area contributed by atoms with E-state index in [1.54, 1.807) is 23.0 Å². The van der Waals surface area contributed by atoms with Crippen LogP contribution in [0.25, 0.3) is 0 Å². The van der Waals surface area contributed by atoms with Crippen LogP contribution >= 0.6 is 0 Å². The minimum atomic E-state index is -1.08. The molecule has 0 saturated heterocycles. The topological polar surface area (TPSA) is 93.5 Å². The summed E-state index contributed by atoms with van der Waals surface area (Å²) in [6.45, 7) is 6.55. The van der Waals surface area contributed by atoms with Gasteiger partial charge in [0.2, 0.25) is 0 Å². The number of hydrogen-bond acceptors (Lipinski definition) is 4. The molecule has 0 saturated carbocycles. The van der Waals surface area contributed by atoms with Crippen LogP contribution in [0.2, 0.25) is 0 Å². The maximum Gasteiger partial charge on any atom is 0.326 e. The first-order chi connectivity index (χ1) is 12.2. The Morgan fingerprint density at radius 1 is 1.27 bits per heavy atom. The molecule has 1 unspecified atom stereocenters. The summed E-state index contributed by atoms with van der Waals surface area (Å²) in [4.78, 5) is 23.7. The third-order valence-corrected chi connectivity index (χ3v) is 3.66. The average Bonchev–Trinajstić information content (AvgIpc) is 3.06. The zero-order chi connectivity index (χ0) is 19.2. The number of carboxylic acid groups (broad SMARTS) is 1. The van der Waals surface area contributed by atoms with E-state index in [9.17, 15) is 14.7 Å². The number of benzene rings is 1. The second-order valence-corrected chi connectivity index (χ2v) is 7.01. The summed E-state index contributed by atoms with van der Waals surface area (Å²) in [7, 11) is 0. The number of nitrogens with one attached hydrogen (secondary N) is 1. The molecule has 7 nitrogen and oxygen atoms in total. The lowest BCUT2D eigenvalue weighted by Gasteiger charge is -2.21. The summed E-state index contributed by atoms with van der Waals surface area (Å²) in [5.41, 5.74) is 1.06. The SMILES string of the molecule is CC(C)(C)OCCC(NC(=O)c1ccc(Cn2cccn2)cc1)C(=O)O. The van der Waals surface area contributed by atoms with Gasteiger partial charge in [-0.15, -0.1) is 0 Å². The largest absolute Gasteiger partial charge is 0.480 e. The van der Waals surface area contributed by atoms with E-state index in [0.29, 0.717) is 12.1 Å². The first-order valence-corrected chi connectivity index (χ1v) is 8.48. The van der Waals surface area contributed by atoms with E-state index in [1.165, 1.54) is 0 Å². The highest BCUT2D eigenvalue weighted by molar-refractivity contribution is 5.96. The minimum Gasteiger partial charge on any atom is -0.480 e. The molecular weight excluding hydrogens is 334 g/mol. The van der Waals surface area contributed by atoms with Crippen molar-refractivity contribution in [3.8, 4) is 0 Å². The third kappa shape index (κ3) is 6.33. The first kappa shape index (κ1) is 19.7. The molecule has 2 aromatic rings. The van der Waals surface area contributed by atoms with Gasteiger partial charge in [0.1, 0.15) is 6.04 Å². The van der Waals surface area contributed by atoms with E-state index in [1.807, 2.05) is 45.2 Å². The van der Waals surface area contributed by atoms with Gasteiger partial charge in [0.25, 0.3) is 5.91 Å². The molecule has 1 aromatic heterocycles. The number of aromatic nitrogens is 2. The summed E-state index contributed by atoms with van der Waals surface area (Å²) >= 11 is 0. The number of nitrogens with zero attached hydrogens (tertiary/aromatic N) is 2. The molecule has 0 aliphatic carbocycles. The number of hydrogen-bond donors (Lipinski definition) is 2. The molecule has 0 aliphatic rings. The summed E-state index contributed by atoms with van der Waals surface area (Å²) in [6, 6.07) is 7.87. The van der Waals surface area contributed by atoms with Crippen molar-refractivity contribution in [2.45, 2.75) is 45.4 Å². The number of amides is 1. The van der Waals surface area contributed by atoms with Crippen LogP contribution in [0.5, 0.6) is 0 Å². The van der Waals surface area contributed by atoms with Crippen LogP contribution in [-0.4, -0.2) is 45.0 Å². The Bertz CT molecular complexity index is 718. The number of carbonyl (C=O) groups is 2. The Morgan fingerprint density at radius 2 is 1.96 bits per heavy atom. The standard InChI is InChI=1S/C19H25N3O4/c1-19(2,3)26-12-9-16(18(24)25)21-17(23)15-7-5-14(6-8-15)13-22-11-4-10-20-22/h4-8,10-11,16H,9,12-13H2,1-3H3,(H,21,23)(H,24,25). The maximum absolute atomic E-state index is 12.3. The Hall–Kier alpha value is -2.67. The molecule has 0 spiro atoms. The van der Waals surface area contributed by atoms with Gasteiger partial charge in [0.05, 0.1) is 12.1 Å². The van der Waals surface area contributed by atoms with Gasteiger partial charge < -0.3 is 15.2 Å². The highest BCUT2D eigenvalue weighted by Crippen LogP contribution is 2.10. The second kappa shape index (κ2) is 8.62. The molecule has 0 radical (unpaired) electrons. The molecule has 26 heavy (non-hydrogen) atoms. The number of aliphatic carboxylic acids is 1. The third-order valence-electron chi connectivity index (χ3n) is 3.66. The van der Waals surface area contributed by atoms with Gasteiger partial charge in [-0.05, 0) is 44.5 Å². The van der Waals surface area contributed by atoms with E-state index in [2.05, 4.69) is 10.4 Å². The molecule has 1 aromatic carbocycles. The molecule has 0 bridgehead atoms. The summed E-state index contributed by atoms with van der Waals surface area (Å²) in [5.74, 6) is -1.50. The molecule has 1 heterocycles. The van der Waals surface area contributed by atoms with Crippen molar-refractivity contribution in [2.24, 2.45) is 0 Å². The van der Waals surface area contributed by atoms with Crippen LogP contribution in [0.4, 0.5) is 0 Å². The van der Waals surface area contributed by atoms with E-state index in [4.69, 9.17) is 4.74 Å². The quantitative estimate of drug-likeness (QED) is 0.754. The van der Waals surface area contributed by atoms with Gasteiger partial charge in [-0.2, -0.15) is 5.10 Å². The molecule has 0 fully saturated rings. The zero-order valence-corrected chi connectivity index (χ0v) is 15.3. The van der Waals surface area contributed by atoms with Gasteiger partial charge in [-0.1, -0.05) is 12.1 Å². The minimum absolute atomic E-state index is 0.204. The van der Waals surface area contributed by atoms with Crippen molar-refractivity contribution < 1.29 is 19.4 Å². The van der Waals surface area contributed by atoms with Crippen molar-refractivity contribution in [3.05, 3.63) is 53.9 Å². The maximum atomic E-state index is 12.3. The van der Waals surface area contributed by atoms with Crippen molar-refractivity contribution in [2.75, 3.05) is 6.61 Å². The van der Waals surface area contributed by atoms with E-state index in [-0.39, 0.29) is 18.6 Å². The Balaban J connectivity index is 1.92. The second-order valence-electron chi connectivity index (χ2n) is 7.01. The lowest BCUT2D eigenvalue weighted by molar-refractivity contribution is -0.140. The predicted molar refractivity (Wildman–Crippen MR) is 97.0 cm³/mol. The van der Waals surface area contributed by atoms with Crippen molar-refractivity contribution in [3.63, 3.8) is 0 Å². The van der Waals surface area contributed by atoms with E-state index < -0.39 is 17.9 Å². The highest BCUT2D eigenvalue weighted by Gasteiger charge is 2.21. The molecule has 1 amide bonds. The van der Waals surface area contributed by atoms with Gasteiger partial charge >= 0.3 is 5.97 Å². The number of carboxylic acids is 1. The average molecular weight is 359 g/mol. The molecule has 2 rings (SSSR count). The van der Waals surface area contributed by atoms with E-state index in [0.717, 1.165) is 5.56 Å². The van der Waals surface area contributed by atoms with Crippen molar-refractivity contribution >= 4 is 11.9 Å². The highest BCUT2D eigenvalue weighted by atomic mass is 16.5.